The van der Waals surface area contributed by atoms with Crippen LogP contribution in [0.2, 0.25) is 0 Å². The average molecular weight is 289 g/mol. The lowest BCUT2D eigenvalue weighted by atomic mass is 10.0. The summed E-state index contributed by atoms with van der Waals surface area (Å²) in [5.41, 5.74) is 2.41. The molecule has 0 saturated carbocycles. The van der Waals surface area contributed by atoms with Gasteiger partial charge in [-0.25, -0.2) is 0 Å². The number of nitrogens with one attached hydrogen (secondary N) is 1. The molecule has 0 bridgehead atoms. The minimum atomic E-state index is 0.238. The Labute approximate surface area is 128 Å². The fourth-order valence-corrected chi connectivity index (χ4v) is 2.77. The van der Waals surface area contributed by atoms with Gasteiger partial charge in [-0.3, -0.25) is 4.79 Å². The molecule has 1 amide bonds. The van der Waals surface area contributed by atoms with Gasteiger partial charge in [-0.1, -0.05) is 18.2 Å². The van der Waals surface area contributed by atoms with Crippen molar-refractivity contribution in [2.24, 2.45) is 0 Å². The summed E-state index contributed by atoms with van der Waals surface area (Å²) < 4.78 is 0. The standard InChI is InChI=1S/C17H27N3O/c1-19(2)13-6-11-18-12-10-17(21)20-14-5-8-15-7-3-4-9-16(15)20/h3-4,7,9,18H,5-6,8,10-14H2,1-2H3. The highest BCUT2D eigenvalue weighted by molar-refractivity contribution is 5.94. The Bertz CT molecular complexity index is 459. The quantitative estimate of drug-likeness (QED) is 0.779. The fraction of sp³-hybridized carbons (Fsp3) is 0.588. The SMILES string of the molecule is CN(C)CCCNCCC(=O)N1CCCc2ccccc21. The van der Waals surface area contributed by atoms with Crippen molar-refractivity contribution in [2.75, 3.05) is 45.2 Å². The first-order valence-corrected chi connectivity index (χ1v) is 7.92. The molecule has 2 rings (SSSR count). The lowest BCUT2D eigenvalue weighted by Gasteiger charge is -2.29. The van der Waals surface area contributed by atoms with E-state index in [4.69, 9.17) is 0 Å². The van der Waals surface area contributed by atoms with Crippen molar-refractivity contribution in [1.82, 2.24) is 10.2 Å². The molecule has 1 aliphatic rings. The number of carbonyl (C=O) groups is 1. The average Bonchev–Trinajstić information content (AvgIpc) is 2.49. The summed E-state index contributed by atoms with van der Waals surface area (Å²) in [5.74, 6) is 0.238. The maximum atomic E-state index is 12.4. The van der Waals surface area contributed by atoms with E-state index in [-0.39, 0.29) is 5.91 Å². The van der Waals surface area contributed by atoms with Gasteiger partial charge in [0.15, 0.2) is 0 Å². The molecule has 0 saturated heterocycles. The molecule has 0 fully saturated rings. The normalized spacial score (nSPS) is 14.3. The number of para-hydroxylation sites is 1. The largest absolute Gasteiger partial charge is 0.316 e. The molecule has 1 N–H and O–H groups in total. The smallest absolute Gasteiger partial charge is 0.228 e. The Morgan fingerprint density at radius 2 is 2.10 bits per heavy atom. The predicted octanol–water partition coefficient (Wildman–Crippen LogP) is 1.90. The summed E-state index contributed by atoms with van der Waals surface area (Å²) in [6, 6.07) is 8.27. The zero-order chi connectivity index (χ0) is 15.1. The van der Waals surface area contributed by atoms with E-state index in [9.17, 15) is 4.79 Å². The maximum Gasteiger partial charge on any atom is 0.228 e. The summed E-state index contributed by atoms with van der Waals surface area (Å²) in [6.45, 7) is 3.68. The van der Waals surface area contributed by atoms with Gasteiger partial charge in [-0.05, 0) is 58.1 Å². The van der Waals surface area contributed by atoms with Crippen molar-refractivity contribution in [3.63, 3.8) is 0 Å². The number of benzene rings is 1. The Morgan fingerprint density at radius 1 is 1.29 bits per heavy atom. The maximum absolute atomic E-state index is 12.4. The minimum absolute atomic E-state index is 0.238. The molecule has 1 aliphatic heterocycles. The number of aryl methyl sites for hydroxylation is 1. The molecular weight excluding hydrogens is 262 g/mol. The third kappa shape index (κ3) is 4.83. The molecule has 0 radical (unpaired) electrons. The number of hydrogen-bond acceptors (Lipinski definition) is 3. The molecule has 0 spiro atoms. The van der Waals surface area contributed by atoms with Gasteiger partial charge >= 0.3 is 0 Å². The van der Waals surface area contributed by atoms with Gasteiger partial charge in [-0.15, -0.1) is 0 Å². The van der Waals surface area contributed by atoms with Crippen LogP contribution < -0.4 is 10.2 Å². The monoisotopic (exact) mass is 289 g/mol. The van der Waals surface area contributed by atoms with Crippen LogP contribution in [0.25, 0.3) is 0 Å². The second kappa shape index (κ2) is 8.15. The Kier molecular flexibility index (Phi) is 6.21. The van der Waals surface area contributed by atoms with E-state index in [0.29, 0.717) is 6.42 Å². The second-order valence-electron chi connectivity index (χ2n) is 5.93. The molecular formula is C17H27N3O. The highest BCUT2D eigenvalue weighted by atomic mass is 16.2. The molecule has 4 nitrogen and oxygen atoms in total. The Morgan fingerprint density at radius 3 is 2.90 bits per heavy atom. The zero-order valence-corrected chi connectivity index (χ0v) is 13.3. The first-order chi connectivity index (χ1) is 10.2. The van der Waals surface area contributed by atoms with Crippen molar-refractivity contribution >= 4 is 11.6 Å². The van der Waals surface area contributed by atoms with Gasteiger partial charge < -0.3 is 15.1 Å². The van der Waals surface area contributed by atoms with Crippen LogP contribution in [0.15, 0.2) is 24.3 Å². The number of nitrogens with zero attached hydrogens (tertiary/aromatic N) is 2. The van der Waals surface area contributed by atoms with Crippen LogP contribution in [-0.4, -0.2) is 51.1 Å². The highest BCUT2D eigenvalue weighted by Gasteiger charge is 2.21. The van der Waals surface area contributed by atoms with Crippen LogP contribution in [-0.2, 0) is 11.2 Å². The van der Waals surface area contributed by atoms with Crippen LogP contribution >= 0.6 is 0 Å². The number of rotatable bonds is 7. The number of amides is 1. The Balaban J connectivity index is 1.74. The molecule has 1 aromatic carbocycles. The van der Waals surface area contributed by atoms with Gasteiger partial charge in [0.1, 0.15) is 0 Å². The number of carbonyl (C=O) groups excluding carboxylic acids is 1. The van der Waals surface area contributed by atoms with Crippen LogP contribution in [0.5, 0.6) is 0 Å². The van der Waals surface area contributed by atoms with Crippen molar-refractivity contribution < 1.29 is 4.79 Å². The predicted molar refractivity (Wildman–Crippen MR) is 87.8 cm³/mol. The molecule has 0 atom stereocenters. The summed E-state index contributed by atoms with van der Waals surface area (Å²) in [4.78, 5) is 16.5. The molecule has 0 aliphatic carbocycles. The topological polar surface area (TPSA) is 35.6 Å². The van der Waals surface area contributed by atoms with Crippen molar-refractivity contribution in [3.8, 4) is 0 Å². The van der Waals surface area contributed by atoms with Crippen molar-refractivity contribution in [1.29, 1.82) is 0 Å². The third-order valence-corrected chi connectivity index (χ3v) is 3.89. The van der Waals surface area contributed by atoms with Crippen LogP contribution in [0, 0.1) is 0 Å². The molecule has 4 heteroatoms. The highest BCUT2D eigenvalue weighted by Crippen LogP contribution is 2.26. The third-order valence-electron chi connectivity index (χ3n) is 3.89. The van der Waals surface area contributed by atoms with E-state index in [1.807, 2.05) is 11.0 Å². The van der Waals surface area contributed by atoms with Gasteiger partial charge in [0.25, 0.3) is 0 Å². The number of hydrogen-bond donors (Lipinski definition) is 1. The van der Waals surface area contributed by atoms with Crippen LogP contribution in [0.1, 0.15) is 24.8 Å². The second-order valence-corrected chi connectivity index (χ2v) is 5.93. The van der Waals surface area contributed by atoms with E-state index in [1.165, 1.54) is 5.56 Å². The molecule has 0 aromatic heterocycles. The van der Waals surface area contributed by atoms with Gasteiger partial charge in [0.2, 0.25) is 5.91 Å². The lowest BCUT2D eigenvalue weighted by Crippen LogP contribution is -2.37. The summed E-state index contributed by atoms with van der Waals surface area (Å²) in [6.07, 6.45) is 3.85. The molecule has 1 aromatic rings. The fourth-order valence-electron chi connectivity index (χ4n) is 2.77. The molecule has 1 heterocycles. The van der Waals surface area contributed by atoms with E-state index in [0.717, 1.165) is 51.1 Å². The first-order valence-electron chi connectivity index (χ1n) is 7.92. The zero-order valence-electron chi connectivity index (χ0n) is 13.3. The number of anilines is 1. The summed E-state index contributed by atoms with van der Waals surface area (Å²) in [5, 5.41) is 3.36. The van der Waals surface area contributed by atoms with Gasteiger partial charge in [0, 0.05) is 25.2 Å². The van der Waals surface area contributed by atoms with Crippen molar-refractivity contribution in [2.45, 2.75) is 25.7 Å². The van der Waals surface area contributed by atoms with Crippen LogP contribution in [0.3, 0.4) is 0 Å². The molecule has 0 unspecified atom stereocenters. The van der Waals surface area contributed by atoms with Gasteiger partial charge in [0.05, 0.1) is 0 Å². The van der Waals surface area contributed by atoms with E-state index in [1.54, 1.807) is 0 Å². The summed E-state index contributed by atoms with van der Waals surface area (Å²) in [7, 11) is 4.16. The number of fused-ring (bicyclic) bond motifs is 1. The van der Waals surface area contributed by atoms with Crippen LogP contribution in [0.4, 0.5) is 5.69 Å². The van der Waals surface area contributed by atoms with Gasteiger partial charge in [-0.2, -0.15) is 0 Å². The van der Waals surface area contributed by atoms with E-state index >= 15 is 0 Å². The summed E-state index contributed by atoms with van der Waals surface area (Å²) >= 11 is 0. The lowest BCUT2D eigenvalue weighted by molar-refractivity contribution is -0.118. The first kappa shape index (κ1) is 16.0. The van der Waals surface area contributed by atoms with E-state index in [2.05, 4.69) is 42.5 Å². The van der Waals surface area contributed by atoms with Crippen molar-refractivity contribution in [3.05, 3.63) is 29.8 Å². The Hall–Kier alpha value is -1.39. The van der Waals surface area contributed by atoms with E-state index < -0.39 is 0 Å². The minimum Gasteiger partial charge on any atom is -0.316 e. The molecule has 116 valence electrons. The molecule has 21 heavy (non-hydrogen) atoms.